The van der Waals surface area contributed by atoms with Crippen LogP contribution in [-0.4, -0.2) is 29.5 Å². The Labute approximate surface area is 104 Å². The molecule has 17 heavy (non-hydrogen) atoms. The first-order valence-electron chi connectivity index (χ1n) is 5.46. The van der Waals surface area contributed by atoms with E-state index < -0.39 is 11.2 Å². The first-order valence-corrected chi connectivity index (χ1v) is 6.34. The predicted molar refractivity (Wildman–Crippen MR) is 65.0 cm³/mol. The highest BCUT2D eigenvalue weighted by Crippen LogP contribution is 2.35. The third-order valence-electron chi connectivity index (χ3n) is 2.38. The molecule has 1 aliphatic heterocycles. The third kappa shape index (κ3) is 3.06. The van der Waals surface area contributed by atoms with Gasteiger partial charge < -0.3 is 14.6 Å². The molecule has 1 atom stereocenters. The molecule has 5 heteroatoms. The molecule has 1 heterocycles. The molecule has 1 aromatic rings. The van der Waals surface area contributed by atoms with Crippen LogP contribution in [0.4, 0.5) is 0 Å². The molecule has 0 saturated heterocycles. The number of carbonyl (C=O) groups is 1. The van der Waals surface area contributed by atoms with Crippen LogP contribution in [-0.2, 0) is 4.79 Å². The summed E-state index contributed by atoms with van der Waals surface area (Å²) in [5.41, 5.74) is 0. The van der Waals surface area contributed by atoms with E-state index in [9.17, 15) is 4.79 Å². The molecule has 0 spiro atoms. The van der Waals surface area contributed by atoms with Crippen LogP contribution in [0.3, 0.4) is 0 Å². The van der Waals surface area contributed by atoms with Gasteiger partial charge in [-0.15, -0.1) is 11.8 Å². The molecule has 0 aliphatic carbocycles. The predicted octanol–water partition coefficient (Wildman–Crippen LogP) is 2.41. The van der Waals surface area contributed by atoms with Gasteiger partial charge in [0, 0.05) is 11.3 Å². The summed E-state index contributed by atoms with van der Waals surface area (Å²) in [6, 6.07) is 5.53. The number of aliphatic carboxylic acids is 1. The molecule has 1 N–H and O–H groups in total. The van der Waals surface area contributed by atoms with Crippen LogP contribution in [0.25, 0.3) is 0 Å². The number of rotatable bonds is 3. The van der Waals surface area contributed by atoms with Gasteiger partial charge in [-0.05, 0) is 25.1 Å². The number of fused-ring (bicyclic) bond motifs is 1. The lowest BCUT2D eigenvalue weighted by molar-refractivity contribution is -0.136. The quantitative estimate of drug-likeness (QED) is 0.839. The molecule has 4 nitrogen and oxygen atoms in total. The van der Waals surface area contributed by atoms with E-state index in [2.05, 4.69) is 0 Å². The largest absolute Gasteiger partial charge is 0.490 e. The van der Waals surface area contributed by atoms with Crippen molar-refractivity contribution in [3.8, 4) is 11.5 Å². The van der Waals surface area contributed by atoms with Crippen LogP contribution < -0.4 is 9.47 Å². The Morgan fingerprint density at radius 2 is 2.06 bits per heavy atom. The topological polar surface area (TPSA) is 55.8 Å². The van der Waals surface area contributed by atoms with E-state index in [0.29, 0.717) is 19.0 Å². The van der Waals surface area contributed by atoms with E-state index in [4.69, 9.17) is 14.6 Å². The maximum absolute atomic E-state index is 10.8. The van der Waals surface area contributed by atoms with Crippen molar-refractivity contribution in [1.29, 1.82) is 0 Å². The standard InChI is InChI=1S/C12H14O4S/c1-8(12(13)14)17-9-3-4-10-11(7-9)16-6-2-5-15-10/h3-4,7-8H,2,5-6H2,1H3,(H,13,14). The van der Waals surface area contributed by atoms with Crippen LogP contribution in [0.5, 0.6) is 11.5 Å². The Morgan fingerprint density at radius 3 is 2.76 bits per heavy atom. The van der Waals surface area contributed by atoms with E-state index in [1.807, 2.05) is 18.2 Å². The smallest absolute Gasteiger partial charge is 0.316 e. The van der Waals surface area contributed by atoms with Crippen molar-refractivity contribution in [2.75, 3.05) is 13.2 Å². The van der Waals surface area contributed by atoms with Crippen LogP contribution in [0.2, 0.25) is 0 Å². The lowest BCUT2D eigenvalue weighted by atomic mass is 10.3. The minimum Gasteiger partial charge on any atom is -0.490 e. The molecule has 0 bridgehead atoms. The number of ether oxygens (including phenoxy) is 2. The van der Waals surface area contributed by atoms with Gasteiger partial charge in [-0.3, -0.25) is 4.79 Å². The fourth-order valence-electron chi connectivity index (χ4n) is 1.47. The van der Waals surface area contributed by atoms with E-state index in [0.717, 1.165) is 17.1 Å². The molecular formula is C12H14O4S. The van der Waals surface area contributed by atoms with Crippen molar-refractivity contribution in [2.45, 2.75) is 23.5 Å². The summed E-state index contributed by atoms with van der Waals surface area (Å²) in [6.07, 6.45) is 0.864. The van der Waals surface area contributed by atoms with Gasteiger partial charge in [0.2, 0.25) is 0 Å². The van der Waals surface area contributed by atoms with Crippen LogP contribution in [0.1, 0.15) is 13.3 Å². The highest BCUT2D eigenvalue weighted by Gasteiger charge is 2.15. The molecule has 1 aromatic carbocycles. The molecule has 1 unspecified atom stereocenters. The number of hydrogen-bond acceptors (Lipinski definition) is 4. The van der Waals surface area contributed by atoms with E-state index in [1.165, 1.54) is 11.8 Å². The molecule has 0 saturated carbocycles. The van der Waals surface area contributed by atoms with Gasteiger partial charge in [-0.2, -0.15) is 0 Å². The fourth-order valence-corrected chi connectivity index (χ4v) is 2.30. The van der Waals surface area contributed by atoms with Crippen LogP contribution >= 0.6 is 11.8 Å². The van der Waals surface area contributed by atoms with Crippen molar-refractivity contribution in [2.24, 2.45) is 0 Å². The van der Waals surface area contributed by atoms with Crippen molar-refractivity contribution in [1.82, 2.24) is 0 Å². The monoisotopic (exact) mass is 254 g/mol. The summed E-state index contributed by atoms with van der Waals surface area (Å²) in [7, 11) is 0. The second-order valence-electron chi connectivity index (χ2n) is 3.76. The molecule has 1 aliphatic rings. The maximum Gasteiger partial charge on any atom is 0.316 e. The Morgan fingerprint density at radius 1 is 1.35 bits per heavy atom. The summed E-state index contributed by atoms with van der Waals surface area (Å²) in [5.74, 6) is 0.613. The maximum atomic E-state index is 10.8. The average molecular weight is 254 g/mol. The summed E-state index contributed by atoms with van der Waals surface area (Å²) in [6.45, 7) is 2.96. The molecule has 0 radical (unpaired) electrons. The highest BCUT2D eigenvalue weighted by molar-refractivity contribution is 8.00. The second-order valence-corrected chi connectivity index (χ2v) is 5.17. The Bertz CT molecular complexity index is 419. The number of thioether (sulfide) groups is 1. The van der Waals surface area contributed by atoms with Crippen LogP contribution in [0.15, 0.2) is 23.1 Å². The lowest BCUT2D eigenvalue weighted by Crippen LogP contribution is -2.10. The zero-order chi connectivity index (χ0) is 12.3. The van der Waals surface area contributed by atoms with Crippen molar-refractivity contribution in [3.05, 3.63) is 18.2 Å². The minimum absolute atomic E-state index is 0.472. The van der Waals surface area contributed by atoms with Gasteiger partial charge in [0.25, 0.3) is 0 Å². The fraction of sp³-hybridized carbons (Fsp3) is 0.417. The van der Waals surface area contributed by atoms with E-state index in [-0.39, 0.29) is 0 Å². The molecule has 0 fully saturated rings. The molecule has 2 rings (SSSR count). The first kappa shape index (κ1) is 12.1. The van der Waals surface area contributed by atoms with Gasteiger partial charge in [0.1, 0.15) is 5.25 Å². The normalized spacial score (nSPS) is 16.1. The van der Waals surface area contributed by atoms with Gasteiger partial charge in [-0.25, -0.2) is 0 Å². The molecule has 0 aromatic heterocycles. The van der Waals surface area contributed by atoms with E-state index in [1.54, 1.807) is 6.92 Å². The summed E-state index contributed by atoms with van der Waals surface area (Å²) in [4.78, 5) is 11.6. The number of benzene rings is 1. The van der Waals surface area contributed by atoms with Gasteiger partial charge in [0.15, 0.2) is 11.5 Å². The molecule has 92 valence electrons. The lowest BCUT2D eigenvalue weighted by Gasteiger charge is -2.10. The number of carboxylic acid groups (broad SMARTS) is 1. The molecule has 0 amide bonds. The SMILES string of the molecule is CC(Sc1ccc2c(c1)OCCCO2)C(=O)O. The Balaban J connectivity index is 2.15. The van der Waals surface area contributed by atoms with Gasteiger partial charge in [0.05, 0.1) is 13.2 Å². The summed E-state index contributed by atoms with van der Waals surface area (Å²) >= 11 is 1.30. The van der Waals surface area contributed by atoms with Gasteiger partial charge in [-0.1, -0.05) is 0 Å². The third-order valence-corrected chi connectivity index (χ3v) is 3.46. The summed E-state index contributed by atoms with van der Waals surface area (Å²) < 4.78 is 11.1. The van der Waals surface area contributed by atoms with Crippen LogP contribution in [0, 0.1) is 0 Å². The van der Waals surface area contributed by atoms with E-state index >= 15 is 0 Å². The minimum atomic E-state index is -0.817. The summed E-state index contributed by atoms with van der Waals surface area (Å²) in [5, 5.41) is 8.38. The zero-order valence-corrected chi connectivity index (χ0v) is 10.3. The van der Waals surface area contributed by atoms with Crippen molar-refractivity contribution in [3.63, 3.8) is 0 Å². The Hall–Kier alpha value is -1.36. The Kier molecular flexibility index (Phi) is 3.78. The molecular weight excluding hydrogens is 240 g/mol. The van der Waals surface area contributed by atoms with Crippen molar-refractivity contribution < 1.29 is 19.4 Å². The average Bonchev–Trinajstić information content (AvgIpc) is 2.53. The number of hydrogen-bond donors (Lipinski definition) is 1. The van der Waals surface area contributed by atoms with Gasteiger partial charge >= 0.3 is 5.97 Å². The highest BCUT2D eigenvalue weighted by atomic mass is 32.2. The zero-order valence-electron chi connectivity index (χ0n) is 9.51. The number of carboxylic acids is 1. The second kappa shape index (κ2) is 5.31. The van der Waals surface area contributed by atoms with Crippen molar-refractivity contribution >= 4 is 17.7 Å². The first-order chi connectivity index (χ1) is 8.16.